The lowest BCUT2D eigenvalue weighted by atomic mass is 9.80. The molecule has 0 aromatic carbocycles. The fourth-order valence-corrected chi connectivity index (χ4v) is 3.31. The molecule has 2 rings (SSSR count). The molecule has 1 aliphatic rings. The first-order valence-electron chi connectivity index (χ1n) is 6.14. The summed E-state index contributed by atoms with van der Waals surface area (Å²) < 4.78 is 0. The number of halogens is 1. The molecule has 1 aliphatic carbocycles. The van der Waals surface area contributed by atoms with Crippen LogP contribution in [0.3, 0.4) is 0 Å². The van der Waals surface area contributed by atoms with Gasteiger partial charge in [0.2, 0.25) is 0 Å². The molecule has 1 amide bonds. The van der Waals surface area contributed by atoms with Crippen LogP contribution in [-0.2, 0) is 0 Å². The second-order valence-corrected chi connectivity index (χ2v) is 5.30. The molecule has 2 atom stereocenters. The molecule has 4 nitrogen and oxygen atoms in total. The summed E-state index contributed by atoms with van der Waals surface area (Å²) in [4.78, 5) is 11.8. The molecule has 0 bridgehead atoms. The van der Waals surface area contributed by atoms with Crippen LogP contribution in [0.4, 0.5) is 0 Å². The fourth-order valence-electron chi connectivity index (χ4n) is 2.46. The SMILES string of the molecule is O=C(NCC1CCCCC1CBr)c1cn[nH]c1. The lowest BCUT2D eigenvalue weighted by Gasteiger charge is -2.30. The molecule has 0 aliphatic heterocycles. The molecule has 1 saturated carbocycles. The predicted molar refractivity (Wildman–Crippen MR) is 70.2 cm³/mol. The molecular formula is C12H18BrN3O. The summed E-state index contributed by atoms with van der Waals surface area (Å²) >= 11 is 3.57. The van der Waals surface area contributed by atoms with E-state index in [1.807, 2.05) is 0 Å². The van der Waals surface area contributed by atoms with Gasteiger partial charge in [0, 0.05) is 18.1 Å². The number of H-pyrrole nitrogens is 1. The van der Waals surface area contributed by atoms with Gasteiger partial charge in [-0.15, -0.1) is 0 Å². The monoisotopic (exact) mass is 299 g/mol. The highest BCUT2D eigenvalue weighted by Crippen LogP contribution is 2.30. The number of hydrogen-bond donors (Lipinski definition) is 2. The van der Waals surface area contributed by atoms with Crippen molar-refractivity contribution < 1.29 is 4.79 Å². The maximum atomic E-state index is 11.8. The molecule has 0 radical (unpaired) electrons. The standard InChI is InChI=1S/C12H18BrN3O/c13-5-9-3-1-2-4-10(9)6-14-12(17)11-7-15-16-8-11/h7-10H,1-6H2,(H,14,17)(H,15,16). The van der Waals surface area contributed by atoms with Crippen LogP contribution in [0.1, 0.15) is 36.0 Å². The van der Waals surface area contributed by atoms with Gasteiger partial charge in [-0.3, -0.25) is 9.89 Å². The average molecular weight is 300 g/mol. The summed E-state index contributed by atoms with van der Waals surface area (Å²) in [5, 5.41) is 10.5. The molecule has 0 spiro atoms. The third kappa shape index (κ3) is 3.31. The summed E-state index contributed by atoms with van der Waals surface area (Å²) in [6, 6.07) is 0. The maximum absolute atomic E-state index is 11.8. The highest BCUT2D eigenvalue weighted by Gasteiger charge is 2.24. The number of carbonyl (C=O) groups excluding carboxylic acids is 1. The molecule has 1 aromatic rings. The van der Waals surface area contributed by atoms with E-state index in [0.29, 0.717) is 17.4 Å². The number of alkyl halides is 1. The van der Waals surface area contributed by atoms with Gasteiger partial charge in [-0.2, -0.15) is 5.10 Å². The number of hydrogen-bond acceptors (Lipinski definition) is 2. The van der Waals surface area contributed by atoms with E-state index in [-0.39, 0.29) is 5.91 Å². The van der Waals surface area contributed by atoms with Crippen molar-refractivity contribution in [2.24, 2.45) is 11.8 Å². The van der Waals surface area contributed by atoms with Gasteiger partial charge in [0.25, 0.3) is 5.91 Å². The number of carbonyl (C=O) groups is 1. The van der Waals surface area contributed by atoms with E-state index >= 15 is 0 Å². The van der Waals surface area contributed by atoms with E-state index in [0.717, 1.165) is 11.9 Å². The van der Waals surface area contributed by atoms with Crippen molar-refractivity contribution in [1.82, 2.24) is 15.5 Å². The van der Waals surface area contributed by atoms with Crippen LogP contribution in [0.2, 0.25) is 0 Å². The molecular weight excluding hydrogens is 282 g/mol. The number of aromatic amines is 1. The number of amides is 1. The minimum absolute atomic E-state index is 0.0300. The molecule has 1 fully saturated rings. The van der Waals surface area contributed by atoms with Gasteiger partial charge in [0.1, 0.15) is 0 Å². The molecule has 0 saturated heterocycles. The van der Waals surface area contributed by atoms with Crippen LogP contribution in [0.15, 0.2) is 12.4 Å². The Balaban J connectivity index is 1.82. The lowest BCUT2D eigenvalue weighted by Crippen LogP contribution is -2.34. The molecule has 1 aromatic heterocycles. The van der Waals surface area contributed by atoms with Gasteiger partial charge in [0.05, 0.1) is 11.8 Å². The topological polar surface area (TPSA) is 57.8 Å². The van der Waals surface area contributed by atoms with Gasteiger partial charge in [-0.25, -0.2) is 0 Å². The van der Waals surface area contributed by atoms with Crippen molar-refractivity contribution in [3.63, 3.8) is 0 Å². The third-order valence-electron chi connectivity index (χ3n) is 3.55. The van der Waals surface area contributed by atoms with Crippen LogP contribution in [0, 0.1) is 11.8 Å². The zero-order valence-electron chi connectivity index (χ0n) is 9.79. The first-order valence-corrected chi connectivity index (χ1v) is 7.26. The second kappa shape index (κ2) is 6.19. The number of nitrogens with one attached hydrogen (secondary N) is 2. The van der Waals surface area contributed by atoms with Gasteiger partial charge < -0.3 is 5.32 Å². The van der Waals surface area contributed by atoms with Gasteiger partial charge in [-0.05, 0) is 24.7 Å². The molecule has 1 heterocycles. The van der Waals surface area contributed by atoms with Crippen LogP contribution >= 0.6 is 15.9 Å². The summed E-state index contributed by atoms with van der Waals surface area (Å²) in [7, 11) is 0. The van der Waals surface area contributed by atoms with Gasteiger partial charge >= 0.3 is 0 Å². The van der Waals surface area contributed by atoms with E-state index in [9.17, 15) is 4.79 Å². The Kier molecular flexibility index (Phi) is 4.59. The minimum Gasteiger partial charge on any atom is -0.352 e. The number of nitrogens with zero attached hydrogens (tertiary/aromatic N) is 1. The highest BCUT2D eigenvalue weighted by atomic mass is 79.9. The Morgan fingerprint density at radius 3 is 2.88 bits per heavy atom. The summed E-state index contributed by atoms with van der Waals surface area (Å²) in [6.45, 7) is 0.778. The van der Waals surface area contributed by atoms with E-state index < -0.39 is 0 Å². The zero-order chi connectivity index (χ0) is 12.1. The normalized spacial score (nSPS) is 24.5. The smallest absolute Gasteiger partial charge is 0.254 e. The third-order valence-corrected chi connectivity index (χ3v) is 4.38. The molecule has 2 N–H and O–H groups in total. The predicted octanol–water partition coefficient (Wildman–Crippen LogP) is 2.34. The Bertz CT molecular complexity index is 353. The van der Waals surface area contributed by atoms with Crippen LogP contribution in [0.5, 0.6) is 0 Å². The van der Waals surface area contributed by atoms with Gasteiger partial charge in [0.15, 0.2) is 0 Å². The summed E-state index contributed by atoms with van der Waals surface area (Å²) in [5.74, 6) is 1.28. The van der Waals surface area contributed by atoms with E-state index in [4.69, 9.17) is 0 Å². The molecule has 17 heavy (non-hydrogen) atoms. The second-order valence-electron chi connectivity index (χ2n) is 4.66. The first-order chi connectivity index (χ1) is 8.31. The van der Waals surface area contributed by atoms with Crippen molar-refractivity contribution in [3.05, 3.63) is 18.0 Å². The van der Waals surface area contributed by atoms with E-state index in [1.165, 1.54) is 25.7 Å². The fraction of sp³-hybridized carbons (Fsp3) is 0.667. The van der Waals surface area contributed by atoms with E-state index in [2.05, 4.69) is 31.4 Å². The summed E-state index contributed by atoms with van der Waals surface area (Å²) in [6.07, 6.45) is 8.29. The Morgan fingerprint density at radius 1 is 1.47 bits per heavy atom. The molecule has 94 valence electrons. The van der Waals surface area contributed by atoms with Crippen molar-refractivity contribution in [3.8, 4) is 0 Å². The Labute approximate surface area is 110 Å². The zero-order valence-corrected chi connectivity index (χ0v) is 11.4. The van der Waals surface area contributed by atoms with Gasteiger partial charge in [-0.1, -0.05) is 28.8 Å². The van der Waals surface area contributed by atoms with Crippen LogP contribution in [-0.4, -0.2) is 28.0 Å². The first kappa shape index (κ1) is 12.6. The van der Waals surface area contributed by atoms with E-state index in [1.54, 1.807) is 12.4 Å². The number of rotatable bonds is 4. The van der Waals surface area contributed by atoms with Crippen molar-refractivity contribution in [2.45, 2.75) is 25.7 Å². The van der Waals surface area contributed by atoms with Crippen molar-refractivity contribution >= 4 is 21.8 Å². The van der Waals surface area contributed by atoms with Crippen molar-refractivity contribution in [1.29, 1.82) is 0 Å². The summed E-state index contributed by atoms with van der Waals surface area (Å²) in [5.41, 5.74) is 0.608. The van der Waals surface area contributed by atoms with Crippen LogP contribution < -0.4 is 5.32 Å². The molecule has 5 heteroatoms. The van der Waals surface area contributed by atoms with Crippen LogP contribution in [0.25, 0.3) is 0 Å². The maximum Gasteiger partial charge on any atom is 0.254 e. The number of aromatic nitrogens is 2. The molecule has 2 unspecified atom stereocenters. The highest BCUT2D eigenvalue weighted by molar-refractivity contribution is 9.09. The lowest BCUT2D eigenvalue weighted by molar-refractivity contribution is 0.0937. The van der Waals surface area contributed by atoms with Crippen molar-refractivity contribution in [2.75, 3.05) is 11.9 Å². The minimum atomic E-state index is -0.0300. The Morgan fingerprint density at radius 2 is 2.24 bits per heavy atom. The Hall–Kier alpha value is -0.840. The quantitative estimate of drug-likeness (QED) is 0.839. The average Bonchev–Trinajstić information content (AvgIpc) is 2.90. The largest absolute Gasteiger partial charge is 0.352 e.